The molecule has 1 aliphatic carbocycles. The van der Waals surface area contributed by atoms with E-state index in [1.165, 1.54) is 0 Å². The second-order valence-corrected chi connectivity index (χ2v) is 11.4. The quantitative estimate of drug-likeness (QED) is 0.766. The lowest BCUT2D eigenvalue weighted by atomic mass is 10.1. The number of aliphatic hydroxyl groups excluding tert-OH is 1. The van der Waals surface area contributed by atoms with Crippen molar-refractivity contribution in [3.8, 4) is 0 Å². The lowest BCUT2D eigenvalue weighted by Crippen LogP contribution is -2.48. The Morgan fingerprint density at radius 2 is 1.94 bits per heavy atom. The summed E-state index contributed by atoms with van der Waals surface area (Å²) in [7, 11) is -2.01. The van der Waals surface area contributed by atoms with Gasteiger partial charge in [-0.2, -0.15) is 0 Å². The van der Waals surface area contributed by atoms with Crippen LogP contribution in [0, 0.1) is 5.92 Å². The fourth-order valence-electron chi connectivity index (χ4n) is 1.97. The summed E-state index contributed by atoms with van der Waals surface area (Å²) in [5, 5.41) is 9.33. The van der Waals surface area contributed by atoms with Crippen molar-refractivity contribution in [2.24, 2.45) is 11.7 Å². The Morgan fingerprint density at radius 1 is 1.41 bits per heavy atom. The number of halogens is 1. The van der Waals surface area contributed by atoms with E-state index in [0.717, 1.165) is 0 Å². The van der Waals surface area contributed by atoms with Gasteiger partial charge in [0.15, 0.2) is 8.32 Å². The van der Waals surface area contributed by atoms with Crippen LogP contribution in [0.3, 0.4) is 0 Å². The summed E-state index contributed by atoms with van der Waals surface area (Å²) in [6.45, 7) is 10.5. The lowest BCUT2D eigenvalue weighted by molar-refractivity contribution is 0.0522. The molecule has 1 rings (SSSR count). The molecule has 102 valence electrons. The van der Waals surface area contributed by atoms with Crippen molar-refractivity contribution < 1.29 is 13.9 Å². The molecule has 0 saturated heterocycles. The average molecular weight is 263 g/mol. The highest BCUT2D eigenvalue weighted by atomic mass is 28.4. The topological polar surface area (TPSA) is 55.5 Å². The van der Waals surface area contributed by atoms with Gasteiger partial charge in [0.1, 0.15) is 6.17 Å². The molecule has 0 aromatic rings. The maximum Gasteiger partial charge on any atom is 0.192 e. The number of nitrogens with two attached hydrogens (primary N) is 1. The number of rotatable bonds is 3. The summed E-state index contributed by atoms with van der Waals surface area (Å²) in [6, 6.07) is -0.498. The first-order valence-electron chi connectivity index (χ1n) is 6.28. The van der Waals surface area contributed by atoms with Gasteiger partial charge in [-0.3, -0.25) is 0 Å². The first-order chi connectivity index (χ1) is 7.60. The number of alkyl halides is 1. The third kappa shape index (κ3) is 3.07. The van der Waals surface area contributed by atoms with Gasteiger partial charge in [-0.05, 0) is 24.6 Å². The molecule has 3 nitrogen and oxygen atoms in total. The van der Waals surface area contributed by atoms with Gasteiger partial charge >= 0.3 is 0 Å². The Kier molecular flexibility index (Phi) is 4.40. The standard InChI is InChI=1S/C12H26FNO2Si/c1-12(2,3)17(4,5)16-11-8(7-15)6-9(14)10(11)13/h8-11,15H,6-7,14H2,1-5H3/t8-,9-,10-,11-/m1/s1. The molecule has 3 N–H and O–H groups in total. The van der Waals surface area contributed by atoms with E-state index in [-0.39, 0.29) is 17.6 Å². The van der Waals surface area contributed by atoms with Gasteiger partial charge < -0.3 is 15.3 Å². The molecule has 1 aliphatic rings. The Labute approximate surface area is 105 Å². The van der Waals surface area contributed by atoms with Crippen LogP contribution in [-0.2, 0) is 4.43 Å². The summed E-state index contributed by atoms with van der Waals surface area (Å²) in [5.74, 6) is -0.158. The highest BCUT2D eigenvalue weighted by Crippen LogP contribution is 2.41. The monoisotopic (exact) mass is 263 g/mol. The Morgan fingerprint density at radius 3 is 2.35 bits per heavy atom. The van der Waals surface area contributed by atoms with E-state index in [1.807, 2.05) is 0 Å². The highest BCUT2D eigenvalue weighted by molar-refractivity contribution is 6.74. The first-order valence-corrected chi connectivity index (χ1v) is 9.19. The highest BCUT2D eigenvalue weighted by Gasteiger charge is 2.48. The minimum Gasteiger partial charge on any atom is -0.411 e. The van der Waals surface area contributed by atoms with Crippen LogP contribution in [0.1, 0.15) is 27.2 Å². The summed E-state index contributed by atoms with van der Waals surface area (Å²) in [6.07, 6.45) is -1.17. The predicted molar refractivity (Wildman–Crippen MR) is 70.1 cm³/mol. The first kappa shape index (κ1) is 15.1. The zero-order valence-electron chi connectivity index (χ0n) is 11.5. The van der Waals surface area contributed by atoms with Crippen LogP contribution in [0.4, 0.5) is 4.39 Å². The van der Waals surface area contributed by atoms with E-state index in [0.29, 0.717) is 6.42 Å². The van der Waals surface area contributed by atoms with Crippen molar-refractivity contribution in [2.45, 2.75) is 63.6 Å². The third-order valence-electron chi connectivity index (χ3n) is 4.23. The molecule has 0 aromatic carbocycles. The Hall–Kier alpha value is 0.0269. The van der Waals surface area contributed by atoms with E-state index in [9.17, 15) is 9.50 Å². The summed E-state index contributed by atoms with van der Waals surface area (Å²) >= 11 is 0. The number of hydrogen-bond acceptors (Lipinski definition) is 3. The van der Waals surface area contributed by atoms with E-state index < -0.39 is 26.6 Å². The molecule has 0 radical (unpaired) electrons. The maximum absolute atomic E-state index is 14.0. The number of hydrogen-bond donors (Lipinski definition) is 2. The Bertz CT molecular complexity index is 268. The van der Waals surface area contributed by atoms with Crippen LogP contribution in [0.15, 0.2) is 0 Å². The van der Waals surface area contributed by atoms with E-state index in [2.05, 4.69) is 33.9 Å². The van der Waals surface area contributed by atoms with Gasteiger partial charge in [-0.1, -0.05) is 20.8 Å². The minimum atomic E-state index is -2.01. The second kappa shape index (κ2) is 4.95. The van der Waals surface area contributed by atoms with Crippen molar-refractivity contribution in [3.05, 3.63) is 0 Å². The van der Waals surface area contributed by atoms with Crippen LogP contribution >= 0.6 is 0 Å². The Balaban J connectivity index is 2.79. The van der Waals surface area contributed by atoms with Crippen molar-refractivity contribution in [1.29, 1.82) is 0 Å². The van der Waals surface area contributed by atoms with Gasteiger partial charge in [0.05, 0.1) is 6.10 Å². The minimum absolute atomic E-state index is 0.0411. The summed E-state index contributed by atoms with van der Waals surface area (Å²) in [5.41, 5.74) is 5.71. The van der Waals surface area contributed by atoms with Crippen LogP contribution in [0.2, 0.25) is 18.1 Å². The molecule has 0 spiro atoms. The molecule has 0 bridgehead atoms. The molecular weight excluding hydrogens is 237 g/mol. The molecule has 0 aromatic heterocycles. The van der Waals surface area contributed by atoms with E-state index >= 15 is 0 Å². The van der Waals surface area contributed by atoms with E-state index in [4.69, 9.17) is 10.2 Å². The molecule has 1 saturated carbocycles. The van der Waals surface area contributed by atoms with E-state index in [1.54, 1.807) is 0 Å². The normalized spacial score (nSPS) is 35.3. The SMILES string of the molecule is CC(C)(C)[Si](C)(C)O[C@@H]1[C@@H](CO)C[C@@H](N)[C@H]1F. The van der Waals surface area contributed by atoms with Gasteiger partial charge in [-0.25, -0.2) is 4.39 Å². The maximum atomic E-state index is 14.0. The van der Waals surface area contributed by atoms with Gasteiger partial charge in [-0.15, -0.1) is 0 Å². The van der Waals surface area contributed by atoms with Crippen LogP contribution in [0.5, 0.6) is 0 Å². The van der Waals surface area contributed by atoms with Crippen molar-refractivity contribution in [3.63, 3.8) is 0 Å². The molecule has 0 heterocycles. The molecule has 17 heavy (non-hydrogen) atoms. The van der Waals surface area contributed by atoms with Crippen molar-refractivity contribution in [1.82, 2.24) is 0 Å². The largest absolute Gasteiger partial charge is 0.411 e. The average Bonchev–Trinajstić information content (AvgIpc) is 2.43. The third-order valence-corrected chi connectivity index (χ3v) is 8.71. The lowest BCUT2D eigenvalue weighted by Gasteiger charge is -2.40. The van der Waals surface area contributed by atoms with Crippen LogP contribution in [-0.4, -0.2) is 38.3 Å². The predicted octanol–water partition coefficient (Wildman–Crippen LogP) is 2.05. The summed E-state index contributed by atoms with van der Waals surface area (Å²) < 4.78 is 20.1. The molecule has 5 heteroatoms. The van der Waals surface area contributed by atoms with Gasteiger partial charge in [0.25, 0.3) is 0 Å². The van der Waals surface area contributed by atoms with Crippen LogP contribution < -0.4 is 5.73 Å². The van der Waals surface area contributed by atoms with Gasteiger partial charge in [0, 0.05) is 18.6 Å². The zero-order chi connectivity index (χ0) is 13.4. The second-order valence-electron chi connectivity index (χ2n) is 6.63. The summed E-state index contributed by atoms with van der Waals surface area (Å²) in [4.78, 5) is 0. The molecule has 4 atom stereocenters. The number of aliphatic hydroxyl groups is 1. The van der Waals surface area contributed by atoms with Crippen LogP contribution in [0.25, 0.3) is 0 Å². The molecular formula is C12H26FNO2Si. The molecule has 0 amide bonds. The zero-order valence-corrected chi connectivity index (χ0v) is 12.5. The van der Waals surface area contributed by atoms with Crippen molar-refractivity contribution >= 4 is 8.32 Å². The molecule has 1 fully saturated rings. The van der Waals surface area contributed by atoms with Gasteiger partial charge in [0.2, 0.25) is 0 Å². The smallest absolute Gasteiger partial charge is 0.192 e. The fraction of sp³-hybridized carbons (Fsp3) is 1.00. The molecule has 0 aliphatic heterocycles. The van der Waals surface area contributed by atoms with Crippen molar-refractivity contribution in [2.75, 3.05) is 6.61 Å². The fourth-order valence-corrected chi connectivity index (χ4v) is 3.33. The molecule has 0 unspecified atom stereocenters.